The third-order valence-electron chi connectivity index (χ3n) is 3.29. The second-order valence-corrected chi connectivity index (χ2v) is 4.58. The van der Waals surface area contributed by atoms with Crippen LogP contribution in [0.4, 0.5) is 5.95 Å². The smallest absolute Gasteiger partial charge is 0.220 e. The molecule has 0 bridgehead atoms. The van der Waals surface area contributed by atoms with E-state index in [-0.39, 0.29) is 11.9 Å². The van der Waals surface area contributed by atoms with Crippen molar-refractivity contribution in [2.24, 2.45) is 0 Å². The molecular weight excluding hydrogens is 246 g/mol. The van der Waals surface area contributed by atoms with E-state index in [0.29, 0.717) is 30.4 Å². The Morgan fingerprint density at radius 2 is 2.37 bits per heavy atom. The zero-order valence-corrected chi connectivity index (χ0v) is 10.6. The second-order valence-electron chi connectivity index (χ2n) is 4.58. The van der Waals surface area contributed by atoms with Crippen LogP contribution in [-0.4, -0.2) is 33.6 Å². The van der Waals surface area contributed by atoms with Crippen molar-refractivity contribution >= 4 is 23.0 Å². The molecule has 2 aromatic rings. The Kier molecular flexibility index (Phi) is 2.73. The molecular formula is C12H15N5O2. The summed E-state index contributed by atoms with van der Waals surface area (Å²) < 4.78 is 6.92. The Morgan fingerprint density at radius 1 is 1.53 bits per heavy atom. The van der Waals surface area contributed by atoms with Gasteiger partial charge in [0, 0.05) is 25.1 Å². The van der Waals surface area contributed by atoms with Gasteiger partial charge in [0.15, 0.2) is 5.65 Å². The average Bonchev–Trinajstić information content (AvgIpc) is 2.94. The molecule has 2 aromatic heterocycles. The van der Waals surface area contributed by atoms with Gasteiger partial charge in [-0.3, -0.25) is 9.36 Å². The van der Waals surface area contributed by atoms with Gasteiger partial charge in [0.25, 0.3) is 0 Å². The minimum atomic E-state index is 0.0820. The van der Waals surface area contributed by atoms with Crippen molar-refractivity contribution in [3.8, 4) is 5.88 Å². The molecule has 1 atom stereocenters. The van der Waals surface area contributed by atoms with Crippen LogP contribution in [0.1, 0.15) is 12.8 Å². The molecule has 3 rings (SSSR count). The van der Waals surface area contributed by atoms with E-state index in [1.807, 2.05) is 10.6 Å². The number of pyridine rings is 1. The minimum Gasteiger partial charge on any atom is -0.481 e. The Labute approximate surface area is 109 Å². The second kappa shape index (κ2) is 4.42. The maximum atomic E-state index is 11.2. The first-order valence-corrected chi connectivity index (χ1v) is 6.13. The van der Waals surface area contributed by atoms with E-state index in [0.717, 1.165) is 11.9 Å². The van der Waals surface area contributed by atoms with Crippen LogP contribution in [-0.2, 0) is 11.3 Å². The first-order valence-electron chi connectivity index (χ1n) is 6.13. The molecule has 1 amide bonds. The van der Waals surface area contributed by atoms with E-state index in [2.05, 4.69) is 15.3 Å². The molecule has 0 aromatic carbocycles. The van der Waals surface area contributed by atoms with Crippen molar-refractivity contribution in [2.45, 2.75) is 25.4 Å². The van der Waals surface area contributed by atoms with Crippen LogP contribution in [0.2, 0.25) is 0 Å². The first kappa shape index (κ1) is 11.8. The van der Waals surface area contributed by atoms with Crippen LogP contribution in [0.15, 0.2) is 12.1 Å². The van der Waals surface area contributed by atoms with Gasteiger partial charge in [-0.1, -0.05) is 0 Å². The topological polar surface area (TPSA) is 95.1 Å². The number of anilines is 1. The number of carbonyl (C=O) groups is 1. The lowest BCUT2D eigenvalue weighted by atomic mass is 10.2. The van der Waals surface area contributed by atoms with Crippen LogP contribution in [0.25, 0.3) is 11.2 Å². The summed E-state index contributed by atoms with van der Waals surface area (Å²) in [6.45, 7) is 0.578. The highest BCUT2D eigenvalue weighted by Crippen LogP contribution is 2.21. The first-order chi connectivity index (χ1) is 9.17. The number of amides is 1. The van der Waals surface area contributed by atoms with E-state index in [1.54, 1.807) is 13.2 Å². The maximum Gasteiger partial charge on any atom is 0.220 e. The summed E-state index contributed by atoms with van der Waals surface area (Å²) in [6.07, 6.45) is 1.37. The van der Waals surface area contributed by atoms with Gasteiger partial charge >= 0.3 is 0 Å². The number of hydrogen-bond donors (Lipinski definition) is 2. The molecule has 1 aliphatic heterocycles. The molecule has 7 nitrogen and oxygen atoms in total. The summed E-state index contributed by atoms with van der Waals surface area (Å²) in [7, 11) is 1.56. The number of imidazole rings is 1. The largest absolute Gasteiger partial charge is 0.481 e. The number of aromatic nitrogens is 3. The number of nitrogen functional groups attached to an aromatic ring is 1. The molecule has 19 heavy (non-hydrogen) atoms. The van der Waals surface area contributed by atoms with Crippen molar-refractivity contribution in [3.05, 3.63) is 12.1 Å². The normalized spacial score (nSPS) is 18.8. The van der Waals surface area contributed by atoms with E-state index < -0.39 is 0 Å². The quantitative estimate of drug-likeness (QED) is 0.828. The van der Waals surface area contributed by atoms with Crippen molar-refractivity contribution < 1.29 is 9.53 Å². The van der Waals surface area contributed by atoms with Gasteiger partial charge in [-0.25, -0.2) is 4.98 Å². The monoisotopic (exact) mass is 261 g/mol. The van der Waals surface area contributed by atoms with Crippen LogP contribution in [0, 0.1) is 0 Å². The van der Waals surface area contributed by atoms with E-state index >= 15 is 0 Å². The Bertz CT molecular complexity index is 636. The van der Waals surface area contributed by atoms with Crippen molar-refractivity contribution in [3.63, 3.8) is 0 Å². The fourth-order valence-corrected chi connectivity index (χ4v) is 2.33. The number of fused-ring (bicyclic) bond motifs is 1. The fourth-order valence-electron chi connectivity index (χ4n) is 2.33. The van der Waals surface area contributed by atoms with Gasteiger partial charge in [-0.2, -0.15) is 4.98 Å². The number of methoxy groups -OCH3 is 1. The van der Waals surface area contributed by atoms with Gasteiger partial charge in [0.2, 0.25) is 17.7 Å². The lowest BCUT2D eigenvalue weighted by Crippen LogP contribution is -2.30. The predicted octanol–water partition coefficient (Wildman–Crippen LogP) is 0.301. The van der Waals surface area contributed by atoms with Crippen molar-refractivity contribution in [1.29, 1.82) is 0 Å². The number of nitrogens with two attached hydrogens (primary N) is 1. The third-order valence-corrected chi connectivity index (χ3v) is 3.29. The van der Waals surface area contributed by atoms with E-state index in [9.17, 15) is 4.79 Å². The van der Waals surface area contributed by atoms with Crippen LogP contribution in [0.3, 0.4) is 0 Å². The summed E-state index contributed by atoms with van der Waals surface area (Å²) in [5.41, 5.74) is 7.32. The Morgan fingerprint density at radius 3 is 3.05 bits per heavy atom. The molecule has 0 aliphatic carbocycles. The number of hydrogen-bond acceptors (Lipinski definition) is 5. The number of rotatable bonds is 3. The minimum absolute atomic E-state index is 0.0820. The molecule has 3 heterocycles. The SMILES string of the molecule is COc1ccc2nc(N)n(CC3CCC(=O)N3)c2n1. The number of ether oxygens (including phenoxy) is 1. The molecule has 1 unspecified atom stereocenters. The maximum absolute atomic E-state index is 11.2. The van der Waals surface area contributed by atoms with Crippen LogP contribution in [0.5, 0.6) is 5.88 Å². The van der Waals surface area contributed by atoms with Gasteiger partial charge in [-0.05, 0) is 12.5 Å². The zero-order chi connectivity index (χ0) is 13.4. The summed E-state index contributed by atoms with van der Waals surface area (Å²) in [5.74, 6) is 1.000. The average molecular weight is 261 g/mol. The third kappa shape index (κ3) is 2.07. The Hall–Kier alpha value is -2.31. The molecule has 7 heteroatoms. The Balaban J connectivity index is 1.97. The summed E-state index contributed by atoms with van der Waals surface area (Å²) in [6, 6.07) is 3.65. The number of nitrogens with one attached hydrogen (secondary N) is 1. The molecule has 3 N–H and O–H groups in total. The molecule has 1 aliphatic rings. The fraction of sp³-hybridized carbons (Fsp3) is 0.417. The van der Waals surface area contributed by atoms with Gasteiger partial charge in [-0.15, -0.1) is 0 Å². The molecule has 1 fully saturated rings. The number of nitrogens with zero attached hydrogens (tertiary/aromatic N) is 3. The van der Waals surface area contributed by atoms with Crippen molar-refractivity contribution in [2.75, 3.05) is 12.8 Å². The zero-order valence-electron chi connectivity index (χ0n) is 10.6. The summed E-state index contributed by atoms with van der Waals surface area (Å²) in [5, 5.41) is 2.91. The van der Waals surface area contributed by atoms with Gasteiger partial charge < -0.3 is 15.8 Å². The van der Waals surface area contributed by atoms with E-state index in [1.165, 1.54) is 0 Å². The molecule has 0 radical (unpaired) electrons. The molecule has 1 saturated heterocycles. The highest BCUT2D eigenvalue weighted by atomic mass is 16.5. The number of carbonyl (C=O) groups excluding carboxylic acids is 1. The highest BCUT2D eigenvalue weighted by molar-refractivity contribution is 5.78. The highest BCUT2D eigenvalue weighted by Gasteiger charge is 2.23. The van der Waals surface area contributed by atoms with Gasteiger partial charge in [0.05, 0.1) is 7.11 Å². The predicted molar refractivity (Wildman–Crippen MR) is 69.7 cm³/mol. The lowest BCUT2D eigenvalue weighted by molar-refractivity contribution is -0.119. The summed E-state index contributed by atoms with van der Waals surface area (Å²) >= 11 is 0. The van der Waals surface area contributed by atoms with Crippen LogP contribution >= 0.6 is 0 Å². The molecule has 100 valence electrons. The van der Waals surface area contributed by atoms with Crippen LogP contribution < -0.4 is 15.8 Å². The molecule has 0 spiro atoms. The van der Waals surface area contributed by atoms with Crippen molar-refractivity contribution in [1.82, 2.24) is 19.9 Å². The lowest BCUT2D eigenvalue weighted by Gasteiger charge is -2.12. The molecule has 0 saturated carbocycles. The van der Waals surface area contributed by atoms with Gasteiger partial charge in [0.1, 0.15) is 5.52 Å². The standard InChI is InChI=1S/C12H15N5O2/c1-19-10-5-3-8-11(16-10)17(12(13)15-8)6-7-2-4-9(18)14-7/h3,5,7H,2,4,6H2,1H3,(H2,13,15)(H,14,18). The summed E-state index contributed by atoms with van der Waals surface area (Å²) in [4.78, 5) is 19.8. The van der Waals surface area contributed by atoms with E-state index in [4.69, 9.17) is 10.5 Å².